The fourth-order valence-corrected chi connectivity index (χ4v) is 14.6. The van der Waals surface area contributed by atoms with E-state index in [4.69, 9.17) is 26.1 Å². The van der Waals surface area contributed by atoms with Crippen LogP contribution >= 0.6 is 11.6 Å². The minimum Gasteiger partial charge on any atom is -0.457 e. The minimum atomic E-state index is -0.757. The Morgan fingerprint density at radius 1 is 0.956 bits per heavy atom. The van der Waals surface area contributed by atoms with Crippen LogP contribution in [-0.2, 0) is 36.1 Å². The average molecular weight is 946 g/mol. The van der Waals surface area contributed by atoms with Gasteiger partial charge in [-0.15, -0.1) is 6.58 Å². The molecule has 11 nitrogen and oxygen atoms in total. The van der Waals surface area contributed by atoms with Crippen molar-refractivity contribution in [1.29, 1.82) is 0 Å². The molecule has 0 radical (unpaired) electrons. The second-order valence-electron chi connectivity index (χ2n) is 21.6. The Hall–Kier alpha value is -3.91. The number of nitrogens with one attached hydrogen (secondary N) is 2. The summed E-state index contributed by atoms with van der Waals surface area (Å²) < 4.78 is 15.3. The highest BCUT2D eigenvalue weighted by Gasteiger charge is 2.77. The van der Waals surface area contributed by atoms with Gasteiger partial charge in [-0.1, -0.05) is 48.9 Å². The summed E-state index contributed by atoms with van der Waals surface area (Å²) in [5, 5.41) is 9.30. The van der Waals surface area contributed by atoms with Crippen molar-refractivity contribution in [3.63, 3.8) is 0 Å². The predicted molar refractivity (Wildman–Crippen MR) is 274 cm³/mol. The number of aromatic nitrogens is 2. The molecule has 4 aliphatic heterocycles. The number of halogens is 1. The standard InChI is InChI=1S/C56H77ClN8O3/c1-13-15-40-28-49-55(14-2)52(40)62(9)36(5)35(4)59-48-29-43(27-38-17-22-42(57)23-18-38)63(10)53-45(33-67-12)60-51(56(48,53)54(55)66)37(6)65(49)31-41-19-16-34(3)26-47(41)68-44-24-20-39(21-25-44)46-30-58-50(64(46)11)32-61(7)8/h13,16-26,30,35-37,40,43,45,48-49,51-53,59-60H,1,14-15,27-29,31-33H2,2-12H3/t35-,36-,37-,40+,43-,45+,48?,49?,51?,52?,53?,55?,56?/m0/s1. The van der Waals surface area contributed by atoms with Crippen molar-refractivity contribution in [2.75, 3.05) is 41.9 Å². The fourth-order valence-electron chi connectivity index (χ4n) is 14.4. The number of imidazole rings is 1. The molecule has 5 heterocycles. The van der Waals surface area contributed by atoms with E-state index in [1.165, 1.54) is 5.56 Å². The van der Waals surface area contributed by atoms with Gasteiger partial charge in [0.1, 0.15) is 17.3 Å². The van der Waals surface area contributed by atoms with Crippen LogP contribution in [0.5, 0.6) is 11.5 Å². The smallest absolute Gasteiger partial charge is 0.153 e. The van der Waals surface area contributed by atoms with Gasteiger partial charge >= 0.3 is 0 Å². The van der Waals surface area contributed by atoms with Crippen LogP contribution in [0.3, 0.4) is 0 Å². The molecule has 7 unspecified atom stereocenters. The number of aryl methyl sites for hydroxylation is 1. The first-order valence-electron chi connectivity index (χ1n) is 25.2. The van der Waals surface area contributed by atoms with E-state index in [9.17, 15) is 0 Å². The number of Topliss-reactive ketones (excluding diaryl/α,β-unsaturated/α-hetero) is 1. The number of methoxy groups -OCH3 is 1. The summed E-state index contributed by atoms with van der Waals surface area (Å²) in [6.07, 6.45) is 8.31. The van der Waals surface area contributed by atoms with Crippen molar-refractivity contribution in [3.8, 4) is 22.8 Å². The SMILES string of the molecule is C=CC[C@@H]1CC2N(Cc3ccc(C)cc3Oc3ccc(-c4cnc(CN(C)C)n4C)cc3)[C@@H](C)C3N[C@H](COC)C4N(C)[C@@H](Cc5ccc(Cl)cc5)CC5N[C@@H](C)[C@H](C)N(C)C1C2(CC)C(=O)C534. The molecule has 9 rings (SSSR count). The van der Waals surface area contributed by atoms with Gasteiger partial charge in [0.2, 0.25) is 0 Å². The fraction of sp³-hybridized carbons (Fsp3) is 0.571. The summed E-state index contributed by atoms with van der Waals surface area (Å²) in [5.74, 6) is 3.35. The van der Waals surface area contributed by atoms with Crippen LogP contribution in [0.4, 0.5) is 0 Å². The molecule has 4 saturated heterocycles. The second kappa shape index (κ2) is 19.4. The van der Waals surface area contributed by atoms with Gasteiger partial charge in [0.25, 0.3) is 0 Å². The predicted octanol–water partition coefficient (Wildman–Crippen LogP) is 8.37. The lowest BCUT2D eigenvalue weighted by Gasteiger charge is -2.57. The normalized spacial score (nSPS) is 34.1. The molecule has 4 aromatic rings. The lowest BCUT2D eigenvalue weighted by Crippen LogP contribution is -2.74. The van der Waals surface area contributed by atoms with E-state index in [0.29, 0.717) is 18.9 Å². The van der Waals surface area contributed by atoms with Gasteiger partial charge in [-0.25, -0.2) is 4.98 Å². The zero-order valence-electron chi connectivity index (χ0n) is 42.5. The first kappa shape index (κ1) is 49.1. The minimum absolute atomic E-state index is 0.0150. The summed E-state index contributed by atoms with van der Waals surface area (Å²) in [6, 6.07) is 23.5. The zero-order chi connectivity index (χ0) is 48.4. The molecule has 366 valence electrons. The van der Waals surface area contributed by atoms with E-state index in [1.54, 1.807) is 7.11 Å². The number of piperidine rings is 1. The molecule has 2 N–H and O–H groups in total. The van der Waals surface area contributed by atoms with Gasteiger partial charge in [-0.2, -0.15) is 0 Å². The third kappa shape index (κ3) is 8.10. The highest BCUT2D eigenvalue weighted by atomic mass is 35.5. The van der Waals surface area contributed by atoms with E-state index < -0.39 is 10.8 Å². The van der Waals surface area contributed by atoms with E-state index in [-0.39, 0.29) is 66.3 Å². The topological polar surface area (TPSA) is 90.4 Å². The van der Waals surface area contributed by atoms with Crippen molar-refractivity contribution >= 4 is 17.4 Å². The Morgan fingerprint density at radius 2 is 1.69 bits per heavy atom. The van der Waals surface area contributed by atoms with E-state index in [0.717, 1.165) is 83.4 Å². The van der Waals surface area contributed by atoms with E-state index in [1.807, 2.05) is 18.3 Å². The molecule has 5 aliphatic rings. The molecule has 1 aliphatic carbocycles. The largest absolute Gasteiger partial charge is 0.457 e. The summed E-state index contributed by atoms with van der Waals surface area (Å²) in [7, 11) is 12.6. The van der Waals surface area contributed by atoms with Crippen molar-refractivity contribution in [1.82, 2.24) is 39.8 Å². The number of likely N-dealkylation sites (N-methyl/N-ethyl adjacent to an activating group) is 2. The van der Waals surface area contributed by atoms with Crippen molar-refractivity contribution < 1.29 is 14.3 Å². The van der Waals surface area contributed by atoms with Crippen LogP contribution in [-0.4, -0.2) is 137 Å². The van der Waals surface area contributed by atoms with Gasteiger partial charge in [0, 0.05) is 97.3 Å². The molecule has 68 heavy (non-hydrogen) atoms. The Kier molecular flexibility index (Phi) is 14.0. The Labute approximate surface area is 411 Å². The zero-order valence-corrected chi connectivity index (χ0v) is 43.3. The molecular formula is C56H77ClN8O3. The molecule has 1 saturated carbocycles. The van der Waals surface area contributed by atoms with Gasteiger partial charge < -0.3 is 29.6 Å². The first-order valence-corrected chi connectivity index (χ1v) is 25.6. The number of allylic oxidation sites excluding steroid dienone is 1. The van der Waals surface area contributed by atoms with Crippen LogP contribution in [0.1, 0.15) is 75.9 Å². The maximum Gasteiger partial charge on any atom is 0.153 e. The molecule has 12 heteroatoms. The number of hydrogen-bond donors (Lipinski definition) is 2. The molecule has 3 aromatic carbocycles. The molecule has 1 aromatic heterocycles. The maximum absolute atomic E-state index is 17.3. The van der Waals surface area contributed by atoms with E-state index in [2.05, 4.69) is 172 Å². The number of rotatable bonds is 14. The van der Waals surface area contributed by atoms with Crippen LogP contribution in [0, 0.1) is 23.7 Å². The average Bonchev–Trinajstić information content (AvgIpc) is 3.96. The molecule has 5 fully saturated rings. The quantitative estimate of drug-likeness (QED) is 0.120. The lowest BCUT2D eigenvalue weighted by atomic mass is 9.54. The van der Waals surface area contributed by atoms with Gasteiger partial charge in [0.05, 0.1) is 35.9 Å². The maximum atomic E-state index is 17.3. The number of benzene rings is 3. The number of carbonyl (C=O) groups excluding carboxylic acids is 1. The second-order valence-corrected chi connectivity index (χ2v) is 22.0. The molecule has 1 spiro atoms. The Morgan fingerprint density at radius 3 is 2.37 bits per heavy atom. The number of carbonyl (C=O) groups is 1. The monoisotopic (exact) mass is 945 g/mol. The summed E-state index contributed by atoms with van der Waals surface area (Å²) in [4.78, 5) is 32.1. The summed E-state index contributed by atoms with van der Waals surface area (Å²) >= 11 is 6.41. The van der Waals surface area contributed by atoms with E-state index >= 15 is 4.79 Å². The number of nitrogens with zero attached hydrogens (tertiary/aromatic N) is 6. The first-order chi connectivity index (χ1) is 32.6. The van der Waals surface area contributed by atoms with Crippen molar-refractivity contribution in [2.45, 2.75) is 140 Å². The van der Waals surface area contributed by atoms with Crippen molar-refractivity contribution in [2.24, 2.45) is 23.8 Å². The van der Waals surface area contributed by atoms with Crippen LogP contribution < -0.4 is 15.4 Å². The third-order valence-electron chi connectivity index (χ3n) is 17.7. The molecular weight excluding hydrogens is 868 g/mol. The molecule has 2 bridgehead atoms. The van der Waals surface area contributed by atoms with Crippen LogP contribution in [0.15, 0.2) is 85.6 Å². The van der Waals surface area contributed by atoms with Gasteiger partial charge in [-0.05, 0) is 147 Å². The summed E-state index contributed by atoms with van der Waals surface area (Å²) in [5.41, 5.74) is 4.24. The molecule has 13 atom stereocenters. The summed E-state index contributed by atoms with van der Waals surface area (Å²) in [6.45, 7) is 17.8. The van der Waals surface area contributed by atoms with Crippen LogP contribution in [0.25, 0.3) is 11.3 Å². The van der Waals surface area contributed by atoms with Gasteiger partial charge in [-0.3, -0.25) is 19.5 Å². The van der Waals surface area contributed by atoms with Gasteiger partial charge in [0.15, 0.2) is 5.78 Å². The Balaban J connectivity index is 1.15. The number of ketones is 1. The number of likely N-dealkylation sites (tertiary alicyclic amines) is 2. The number of hydrogen-bond acceptors (Lipinski definition) is 10. The van der Waals surface area contributed by atoms with Crippen LogP contribution in [0.2, 0.25) is 5.02 Å². The highest BCUT2D eigenvalue weighted by Crippen LogP contribution is 2.63. The lowest BCUT2D eigenvalue weighted by molar-refractivity contribution is -0.154. The Bertz CT molecular complexity index is 2440. The third-order valence-corrected chi connectivity index (χ3v) is 18.0. The van der Waals surface area contributed by atoms with Crippen molar-refractivity contribution in [3.05, 3.63) is 113 Å². The number of ether oxygens (including phenoxy) is 2. The highest BCUT2D eigenvalue weighted by molar-refractivity contribution is 6.30. The molecule has 0 amide bonds.